The summed E-state index contributed by atoms with van der Waals surface area (Å²) in [5.74, 6) is 1.79. The van der Waals surface area contributed by atoms with Gasteiger partial charge in [-0.3, -0.25) is 0 Å². The molecular weight excluding hydrogens is 470 g/mol. The molecule has 2 amide bonds. The number of halogens is 1. The first kappa shape index (κ1) is 21.5. The van der Waals surface area contributed by atoms with Gasteiger partial charge in [0.2, 0.25) is 5.88 Å². The second-order valence-corrected chi connectivity index (χ2v) is 7.70. The summed E-state index contributed by atoms with van der Waals surface area (Å²) in [5.41, 5.74) is 2.85. The summed E-state index contributed by atoms with van der Waals surface area (Å²) in [4.78, 5) is 25.4. The minimum atomic E-state index is -0.334. The number of nitrogens with zero attached hydrogens (tertiary/aromatic N) is 3. The number of aryl methyl sites for hydroxylation is 1. The highest BCUT2D eigenvalue weighted by Gasteiger charge is 2.11. The Bertz CT molecular complexity index is 1230. The van der Waals surface area contributed by atoms with E-state index in [2.05, 4.69) is 41.5 Å². The highest BCUT2D eigenvalue weighted by atomic mass is 79.9. The zero-order valence-electron chi connectivity index (χ0n) is 17.2. The molecule has 0 saturated carbocycles. The van der Waals surface area contributed by atoms with Crippen LogP contribution in [0.4, 0.5) is 16.2 Å². The van der Waals surface area contributed by atoms with Gasteiger partial charge >= 0.3 is 6.03 Å². The molecule has 0 atom stereocenters. The van der Waals surface area contributed by atoms with E-state index in [0.29, 0.717) is 23.0 Å². The van der Waals surface area contributed by atoms with Gasteiger partial charge in [0, 0.05) is 34.7 Å². The van der Waals surface area contributed by atoms with E-state index in [0.717, 1.165) is 28.0 Å². The van der Waals surface area contributed by atoms with Crippen molar-refractivity contribution in [3.63, 3.8) is 0 Å². The number of ether oxygens (including phenoxy) is 1. The number of amides is 2. The van der Waals surface area contributed by atoms with Crippen LogP contribution in [0.2, 0.25) is 0 Å². The van der Waals surface area contributed by atoms with Gasteiger partial charge in [-0.15, -0.1) is 0 Å². The van der Waals surface area contributed by atoms with Crippen molar-refractivity contribution in [2.75, 3.05) is 10.6 Å². The number of hydrogen-bond acceptors (Lipinski definition) is 5. The molecule has 2 aromatic carbocycles. The van der Waals surface area contributed by atoms with Gasteiger partial charge in [-0.25, -0.2) is 19.7 Å². The average molecular weight is 490 g/mol. The molecule has 0 aliphatic heterocycles. The highest BCUT2D eigenvalue weighted by Crippen LogP contribution is 2.30. The molecule has 8 heteroatoms. The number of rotatable bonds is 6. The molecule has 32 heavy (non-hydrogen) atoms. The molecule has 0 unspecified atom stereocenters. The van der Waals surface area contributed by atoms with Crippen LogP contribution >= 0.6 is 15.9 Å². The molecule has 0 aliphatic carbocycles. The minimum Gasteiger partial charge on any atom is -0.438 e. The maximum Gasteiger partial charge on any atom is 0.323 e. The Morgan fingerprint density at radius 1 is 0.938 bits per heavy atom. The number of anilines is 2. The first-order valence-electron chi connectivity index (χ1n) is 9.99. The Labute approximate surface area is 194 Å². The molecule has 0 bridgehead atoms. The monoisotopic (exact) mass is 489 g/mol. The third-order valence-electron chi connectivity index (χ3n) is 4.48. The van der Waals surface area contributed by atoms with Gasteiger partial charge in [0.1, 0.15) is 11.6 Å². The number of benzene rings is 2. The first-order chi connectivity index (χ1) is 15.6. The SMILES string of the molecule is CCc1nccc(-c2cccnc2Oc2ccc(NC(=O)Nc3cccc(Br)c3)cc2)n1. The standard InChI is InChI=1S/C24H20BrN5O2/c1-2-22-26-14-12-21(30-22)20-7-4-13-27-23(20)32-19-10-8-17(9-11-19)28-24(31)29-18-6-3-5-16(25)15-18/h3-15H,2H2,1H3,(H2,28,29,31). The van der Waals surface area contributed by atoms with Crippen molar-refractivity contribution in [1.29, 1.82) is 0 Å². The Morgan fingerprint density at radius 3 is 2.53 bits per heavy atom. The van der Waals surface area contributed by atoms with Crippen molar-refractivity contribution in [1.82, 2.24) is 15.0 Å². The summed E-state index contributed by atoms with van der Waals surface area (Å²) < 4.78 is 6.89. The van der Waals surface area contributed by atoms with Crippen LogP contribution in [-0.4, -0.2) is 21.0 Å². The fourth-order valence-corrected chi connectivity index (χ4v) is 3.36. The topological polar surface area (TPSA) is 89.0 Å². The Hall–Kier alpha value is -3.78. The number of nitrogens with one attached hydrogen (secondary N) is 2. The normalized spacial score (nSPS) is 10.4. The average Bonchev–Trinajstić information content (AvgIpc) is 2.81. The third-order valence-corrected chi connectivity index (χ3v) is 4.97. The lowest BCUT2D eigenvalue weighted by molar-refractivity contribution is 0.262. The lowest BCUT2D eigenvalue weighted by Crippen LogP contribution is -2.19. The van der Waals surface area contributed by atoms with E-state index >= 15 is 0 Å². The van der Waals surface area contributed by atoms with Crippen LogP contribution in [0.3, 0.4) is 0 Å². The molecule has 160 valence electrons. The first-order valence-corrected chi connectivity index (χ1v) is 10.8. The number of hydrogen-bond donors (Lipinski definition) is 2. The lowest BCUT2D eigenvalue weighted by atomic mass is 10.2. The van der Waals surface area contributed by atoms with E-state index in [-0.39, 0.29) is 6.03 Å². The van der Waals surface area contributed by atoms with E-state index in [4.69, 9.17) is 4.74 Å². The highest BCUT2D eigenvalue weighted by molar-refractivity contribution is 9.10. The van der Waals surface area contributed by atoms with Gasteiger partial charge in [0.25, 0.3) is 0 Å². The number of carbonyl (C=O) groups is 1. The molecule has 2 N–H and O–H groups in total. The second-order valence-electron chi connectivity index (χ2n) is 6.78. The molecular formula is C24H20BrN5O2. The Morgan fingerprint density at radius 2 is 1.75 bits per heavy atom. The number of aromatic nitrogens is 3. The van der Waals surface area contributed by atoms with E-state index in [1.165, 1.54) is 0 Å². The van der Waals surface area contributed by atoms with Crippen molar-refractivity contribution >= 4 is 33.3 Å². The van der Waals surface area contributed by atoms with Crippen molar-refractivity contribution in [2.24, 2.45) is 0 Å². The number of pyridine rings is 1. The number of carbonyl (C=O) groups excluding carboxylic acids is 1. The summed E-state index contributed by atoms with van der Waals surface area (Å²) in [6.07, 6.45) is 4.15. The van der Waals surface area contributed by atoms with Crippen molar-refractivity contribution in [3.8, 4) is 22.9 Å². The van der Waals surface area contributed by atoms with E-state index in [1.807, 2.05) is 49.4 Å². The number of urea groups is 1. The van der Waals surface area contributed by atoms with Crippen molar-refractivity contribution < 1.29 is 9.53 Å². The molecule has 0 saturated heterocycles. The van der Waals surface area contributed by atoms with Crippen LogP contribution in [0.1, 0.15) is 12.7 Å². The largest absolute Gasteiger partial charge is 0.438 e. The van der Waals surface area contributed by atoms with Crippen LogP contribution in [0, 0.1) is 0 Å². The van der Waals surface area contributed by atoms with Crippen LogP contribution in [-0.2, 0) is 6.42 Å². The van der Waals surface area contributed by atoms with Crippen LogP contribution in [0.25, 0.3) is 11.3 Å². The maximum absolute atomic E-state index is 12.2. The predicted molar refractivity (Wildman–Crippen MR) is 128 cm³/mol. The smallest absolute Gasteiger partial charge is 0.323 e. The van der Waals surface area contributed by atoms with Gasteiger partial charge in [-0.05, 0) is 60.7 Å². The molecule has 2 heterocycles. The third kappa shape index (κ3) is 5.47. The second kappa shape index (κ2) is 10.0. The molecule has 0 spiro atoms. The summed E-state index contributed by atoms with van der Waals surface area (Å²) in [6, 6.07) is 19.7. The summed E-state index contributed by atoms with van der Waals surface area (Å²) in [6.45, 7) is 2.01. The zero-order chi connectivity index (χ0) is 22.3. The maximum atomic E-state index is 12.2. The molecule has 4 rings (SSSR count). The molecule has 2 aromatic heterocycles. The van der Waals surface area contributed by atoms with E-state index < -0.39 is 0 Å². The Kier molecular flexibility index (Phi) is 6.72. The van der Waals surface area contributed by atoms with Gasteiger partial charge < -0.3 is 15.4 Å². The fourth-order valence-electron chi connectivity index (χ4n) is 2.96. The Balaban J connectivity index is 1.45. The van der Waals surface area contributed by atoms with Gasteiger partial charge in [-0.1, -0.05) is 28.9 Å². The summed E-state index contributed by atoms with van der Waals surface area (Å²) in [7, 11) is 0. The van der Waals surface area contributed by atoms with E-state index in [1.54, 1.807) is 36.7 Å². The minimum absolute atomic E-state index is 0.334. The molecule has 7 nitrogen and oxygen atoms in total. The lowest BCUT2D eigenvalue weighted by Gasteiger charge is -2.11. The molecule has 0 fully saturated rings. The van der Waals surface area contributed by atoms with Crippen LogP contribution in [0.15, 0.2) is 83.6 Å². The van der Waals surface area contributed by atoms with Crippen molar-refractivity contribution in [3.05, 3.63) is 89.4 Å². The summed E-state index contributed by atoms with van der Waals surface area (Å²) >= 11 is 3.38. The van der Waals surface area contributed by atoms with Gasteiger partial charge in [0.05, 0.1) is 11.3 Å². The molecule has 0 aliphatic rings. The quantitative estimate of drug-likeness (QED) is 0.331. The zero-order valence-corrected chi connectivity index (χ0v) is 18.8. The van der Waals surface area contributed by atoms with Crippen LogP contribution < -0.4 is 15.4 Å². The molecule has 0 radical (unpaired) electrons. The predicted octanol–water partition coefficient (Wildman–Crippen LogP) is 6.30. The van der Waals surface area contributed by atoms with Crippen molar-refractivity contribution in [2.45, 2.75) is 13.3 Å². The molecule has 4 aromatic rings. The fraction of sp³-hybridized carbons (Fsp3) is 0.0833. The van der Waals surface area contributed by atoms with Gasteiger partial charge in [-0.2, -0.15) is 0 Å². The van der Waals surface area contributed by atoms with Crippen LogP contribution in [0.5, 0.6) is 11.6 Å². The summed E-state index contributed by atoms with van der Waals surface area (Å²) in [5, 5.41) is 5.58. The van der Waals surface area contributed by atoms with Gasteiger partial charge in [0.15, 0.2) is 0 Å². The van der Waals surface area contributed by atoms with E-state index in [9.17, 15) is 4.79 Å².